The molecule has 98 valence electrons. The van der Waals surface area contributed by atoms with E-state index in [-0.39, 0.29) is 10.2 Å². The predicted molar refractivity (Wildman–Crippen MR) is 76.0 cm³/mol. The maximum atomic E-state index is 14.2. The Morgan fingerprint density at radius 1 is 1.35 bits per heavy atom. The van der Waals surface area contributed by atoms with Crippen LogP contribution < -0.4 is 9.25 Å². The van der Waals surface area contributed by atoms with Gasteiger partial charge in [-0.05, 0) is 24.6 Å². The molecule has 0 saturated carbocycles. The zero-order valence-corrected chi connectivity index (χ0v) is 12.4. The van der Waals surface area contributed by atoms with Crippen molar-refractivity contribution >= 4 is 47.2 Å². The van der Waals surface area contributed by atoms with Crippen LogP contribution in [0.3, 0.4) is 0 Å². The molecule has 0 amide bonds. The van der Waals surface area contributed by atoms with Gasteiger partial charge in [0.25, 0.3) is 0 Å². The third-order valence-corrected chi connectivity index (χ3v) is 7.80. The normalized spacial score (nSPS) is 15.0. The first-order valence-corrected chi connectivity index (χ1v) is 9.51. The van der Waals surface area contributed by atoms with Gasteiger partial charge in [-0.2, -0.15) is 4.72 Å². The standard InChI is InChI=1S/C9H13Cl2FN2OS2/c1-16(2)17(15,13-9(10)11)14(12)8-6-4-3-5-7-8/h3-7,9H,1-2H3,(H,13,15). The van der Waals surface area contributed by atoms with Crippen LogP contribution in [0.5, 0.6) is 0 Å². The van der Waals surface area contributed by atoms with E-state index in [9.17, 15) is 8.69 Å². The van der Waals surface area contributed by atoms with Gasteiger partial charge in [0.2, 0.25) is 0 Å². The molecule has 0 saturated heterocycles. The molecular weight excluding hydrogens is 306 g/mol. The van der Waals surface area contributed by atoms with Gasteiger partial charge < -0.3 is 0 Å². The monoisotopic (exact) mass is 318 g/mol. The average molecular weight is 319 g/mol. The molecule has 0 aliphatic heterocycles. The third kappa shape index (κ3) is 3.72. The molecule has 0 radical (unpaired) electrons. The molecule has 3 nitrogen and oxygen atoms in total. The van der Waals surface area contributed by atoms with Crippen LogP contribution in [0.2, 0.25) is 0 Å². The summed E-state index contributed by atoms with van der Waals surface area (Å²) in [5.41, 5.74) is 0.195. The number of benzene rings is 1. The molecule has 0 aromatic heterocycles. The van der Waals surface area contributed by atoms with Gasteiger partial charge in [-0.15, -0.1) is 14.0 Å². The number of rotatable bonds is 4. The molecular formula is C9H13Cl2FN2OS2. The minimum Gasteiger partial charge on any atom is -0.222 e. The van der Waals surface area contributed by atoms with Crippen molar-refractivity contribution in [3.05, 3.63) is 30.3 Å². The highest BCUT2D eigenvalue weighted by Gasteiger charge is 2.22. The molecule has 1 N–H and O–H groups in total. The maximum Gasteiger partial charge on any atom is 0.170 e. The van der Waals surface area contributed by atoms with Gasteiger partial charge in [0.05, 0.1) is 5.69 Å². The largest absolute Gasteiger partial charge is 0.222 e. The first-order valence-electron chi connectivity index (χ1n) is 4.56. The number of hydrogen-bond donors (Lipinski definition) is 1. The summed E-state index contributed by atoms with van der Waals surface area (Å²) in [6.07, 6.45) is 3.31. The van der Waals surface area contributed by atoms with Gasteiger partial charge >= 0.3 is 0 Å². The lowest BCUT2D eigenvalue weighted by Crippen LogP contribution is -2.40. The molecule has 17 heavy (non-hydrogen) atoms. The number of anilines is 1. The molecule has 1 atom stereocenters. The Morgan fingerprint density at radius 3 is 2.29 bits per heavy atom. The van der Waals surface area contributed by atoms with E-state index in [1.165, 1.54) is 12.1 Å². The number of para-hydroxylation sites is 1. The first-order chi connectivity index (χ1) is 7.88. The Bertz CT molecular complexity index is 485. The highest BCUT2D eigenvalue weighted by Crippen LogP contribution is 2.20. The van der Waals surface area contributed by atoms with E-state index in [1.807, 2.05) is 0 Å². The quantitative estimate of drug-likeness (QED) is 0.516. The Balaban J connectivity index is 3.20. The molecule has 1 rings (SSSR count). The van der Waals surface area contributed by atoms with Crippen LogP contribution in [0, 0.1) is 0 Å². The van der Waals surface area contributed by atoms with Gasteiger partial charge in [-0.1, -0.05) is 45.9 Å². The van der Waals surface area contributed by atoms with E-state index < -0.39 is 23.3 Å². The van der Waals surface area contributed by atoms with Crippen molar-refractivity contribution in [1.82, 2.24) is 4.72 Å². The van der Waals surface area contributed by atoms with E-state index in [2.05, 4.69) is 4.72 Å². The fourth-order valence-electron chi connectivity index (χ4n) is 1.07. The number of nitrogens with one attached hydrogen (secondary N) is 1. The van der Waals surface area contributed by atoms with Crippen LogP contribution in [0.15, 0.2) is 30.3 Å². The lowest BCUT2D eigenvalue weighted by molar-refractivity contribution is 0.523. The topological polar surface area (TPSA) is 32.3 Å². The fourth-order valence-corrected chi connectivity index (χ4v) is 5.19. The smallest absolute Gasteiger partial charge is 0.170 e. The van der Waals surface area contributed by atoms with Crippen molar-refractivity contribution in [1.29, 1.82) is 0 Å². The SMILES string of the molecule is CS(C)=S(=O)(NC(Cl)Cl)N(F)c1ccccc1. The van der Waals surface area contributed by atoms with Crippen LogP contribution in [0.25, 0.3) is 0 Å². The predicted octanol–water partition coefficient (Wildman–Crippen LogP) is 2.64. The van der Waals surface area contributed by atoms with Gasteiger partial charge in [-0.25, -0.2) is 4.21 Å². The molecule has 8 heteroatoms. The third-order valence-electron chi connectivity index (χ3n) is 1.86. The summed E-state index contributed by atoms with van der Waals surface area (Å²) in [5.74, 6) is 0. The molecule has 0 spiro atoms. The van der Waals surface area contributed by atoms with Gasteiger partial charge in [0.15, 0.2) is 13.8 Å². The summed E-state index contributed by atoms with van der Waals surface area (Å²) >= 11 is 11.0. The van der Waals surface area contributed by atoms with Crippen LogP contribution in [-0.4, -0.2) is 21.7 Å². The van der Waals surface area contributed by atoms with Crippen LogP contribution in [0.1, 0.15) is 0 Å². The van der Waals surface area contributed by atoms with E-state index in [0.29, 0.717) is 0 Å². The van der Waals surface area contributed by atoms with Crippen LogP contribution in [0.4, 0.5) is 10.2 Å². The molecule has 1 aromatic carbocycles. The van der Waals surface area contributed by atoms with Crippen LogP contribution >= 0.6 is 23.2 Å². The summed E-state index contributed by atoms with van der Waals surface area (Å²) in [5, 5.41) is 0. The lowest BCUT2D eigenvalue weighted by Gasteiger charge is -2.23. The molecule has 0 fully saturated rings. The number of alkyl halides is 2. The summed E-state index contributed by atoms with van der Waals surface area (Å²) < 4.78 is 29.2. The molecule has 0 aliphatic carbocycles. The zero-order valence-electron chi connectivity index (χ0n) is 9.27. The summed E-state index contributed by atoms with van der Waals surface area (Å²) in [6.45, 7) is 0. The zero-order chi connectivity index (χ0) is 13.1. The van der Waals surface area contributed by atoms with E-state index in [4.69, 9.17) is 23.2 Å². The summed E-state index contributed by atoms with van der Waals surface area (Å²) in [6, 6.07) is 8.10. The van der Waals surface area contributed by atoms with Gasteiger partial charge in [0.1, 0.15) is 0 Å². The average Bonchev–Trinajstić information content (AvgIpc) is 2.28. The molecule has 1 aromatic rings. The minimum atomic E-state index is -3.16. The Kier molecular flexibility index (Phi) is 5.53. The number of hydrogen-bond acceptors (Lipinski definition) is 1. The molecule has 1 unspecified atom stereocenters. The second kappa shape index (κ2) is 6.24. The van der Waals surface area contributed by atoms with E-state index in [0.717, 1.165) is 0 Å². The van der Waals surface area contributed by atoms with Crippen molar-refractivity contribution in [3.63, 3.8) is 0 Å². The van der Waals surface area contributed by atoms with Crippen molar-refractivity contribution in [2.24, 2.45) is 0 Å². The van der Waals surface area contributed by atoms with Gasteiger partial charge in [-0.3, -0.25) is 0 Å². The van der Waals surface area contributed by atoms with E-state index >= 15 is 0 Å². The highest BCUT2D eigenvalue weighted by atomic mass is 35.5. The Hall–Kier alpha value is -0.0100. The Labute approximate surface area is 113 Å². The van der Waals surface area contributed by atoms with Crippen molar-refractivity contribution in [2.75, 3.05) is 17.0 Å². The maximum absolute atomic E-state index is 14.2. The molecule has 0 aliphatic rings. The lowest BCUT2D eigenvalue weighted by atomic mass is 10.3. The van der Waals surface area contributed by atoms with Gasteiger partial charge in [0, 0.05) is 0 Å². The first kappa shape index (κ1) is 15.0. The Morgan fingerprint density at radius 2 is 1.88 bits per heavy atom. The summed E-state index contributed by atoms with van der Waals surface area (Å²) in [4.78, 5) is -1.10. The minimum absolute atomic E-state index is 0.195. The second-order valence-corrected chi connectivity index (χ2v) is 10.7. The highest BCUT2D eigenvalue weighted by molar-refractivity contribution is 8.46. The number of halogens is 3. The van der Waals surface area contributed by atoms with Crippen molar-refractivity contribution < 1.29 is 8.69 Å². The molecule has 0 bridgehead atoms. The second-order valence-electron chi connectivity index (χ2n) is 3.22. The number of nitrogens with zero attached hydrogens (tertiary/aromatic N) is 1. The summed E-state index contributed by atoms with van der Waals surface area (Å²) in [7, 11) is -3.93. The fraction of sp³-hybridized carbons (Fsp3) is 0.333. The van der Waals surface area contributed by atoms with Crippen molar-refractivity contribution in [3.8, 4) is 0 Å². The van der Waals surface area contributed by atoms with Crippen molar-refractivity contribution in [2.45, 2.75) is 4.96 Å². The van der Waals surface area contributed by atoms with E-state index in [1.54, 1.807) is 30.7 Å². The van der Waals surface area contributed by atoms with Crippen LogP contribution in [-0.2, 0) is 18.3 Å². The molecule has 0 heterocycles.